The Kier molecular flexibility index (Phi) is 4.82. The van der Waals surface area contributed by atoms with Gasteiger partial charge >= 0.3 is 6.18 Å². The molecule has 0 aliphatic rings. The summed E-state index contributed by atoms with van der Waals surface area (Å²) in [5.41, 5.74) is -2.53. The van der Waals surface area contributed by atoms with E-state index in [9.17, 15) is 36.8 Å². The Morgan fingerprint density at radius 3 is 2.32 bits per heavy atom. The van der Waals surface area contributed by atoms with Crippen LogP contribution in [0.4, 0.5) is 24.5 Å². The average Bonchev–Trinajstić information content (AvgIpc) is 2.48. The Balaban J connectivity index is 2.51. The lowest BCUT2D eigenvalue weighted by molar-refractivity contribution is -0.385. The molecule has 0 saturated heterocycles. The molecule has 0 heterocycles. The van der Waals surface area contributed by atoms with Crippen LogP contribution in [0.1, 0.15) is 5.56 Å². The summed E-state index contributed by atoms with van der Waals surface area (Å²) in [5, 5.41) is 21.8. The number of nitrogens with one attached hydrogen (secondary N) is 1. The maximum atomic E-state index is 12.7. The van der Waals surface area contributed by atoms with E-state index in [0.29, 0.717) is 18.2 Å². The summed E-state index contributed by atoms with van der Waals surface area (Å²) in [4.78, 5) is 8.90. The second-order valence-electron chi connectivity index (χ2n) is 4.69. The predicted molar refractivity (Wildman–Crippen MR) is 79.8 cm³/mol. The van der Waals surface area contributed by atoms with Crippen molar-refractivity contribution in [3.8, 4) is 5.75 Å². The van der Waals surface area contributed by atoms with Gasteiger partial charge in [-0.2, -0.15) is 13.2 Å². The number of hydrogen-bond donors (Lipinski definition) is 1. The van der Waals surface area contributed by atoms with Gasteiger partial charge in [0.25, 0.3) is 15.7 Å². The number of benzene rings is 2. The summed E-state index contributed by atoms with van der Waals surface area (Å²) >= 11 is 5.65. The molecule has 25 heavy (non-hydrogen) atoms. The summed E-state index contributed by atoms with van der Waals surface area (Å²) in [6.45, 7) is 0. The Morgan fingerprint density at radius 1 is 1.12 bits per heavy atom. The van der Waals surface area contributed by atoms with Gasteiger partial charge in [-0.05, 0) is 18.2 Å². The smallest absolute Gasteiger partial charge is 0.416 e. The van der Waals surface area contributed by atoms with Gasteiger partial charge in [0.05, 0.1) is 15.5 Å². The van der Waals surface area contributed by atoms with E-state index < -0.39 is 53.7 Å². The number of halogens is 4. The van der Waals surface area contributed by atoms with Gasteiger partial charge in [0.2, 0.25) is 0 Å². The van der Waals surface area contributed by atoms with Crippen LogP contribution in [-0.2, 0) is 16.2 Å². The van der Waals surface area contributed by atoms with Crippen LogP contribution in [0.5, 0.6) is 5.75 Å². The SMILES string of the molecule is O=[N+]([O-])c1ccc([O-])c(NS(=O)(=O)c2cc(C(F)(F)F)ccc2Cl)c1. The molecule has 7 nitrogen and oxygen atoms in total. The van der Waals surface area contributed by atoms with Crippen LogP contribution in [0.2, 0.25) is 5.02 Å². The molecule has 12 heteroatoms. The standard InChI is InChI=1S/C13H8ClF3N2O5S/c14-9-3-1-7(13(15,16)17)5-12(9)25(23,24)18-10-6-8(19(21)22)2-4-11(10)20/h1-6,18,20H/p-1. The van der Waals surface area contributed by atoms with Crippen LogP contribution in [-0.4, -0.2) is 13.3 Å². The first-order chi connectivity index (χ1) is 11.4. The summed E-state index contributed by atoms with van der Waals surface area (Å²) in [6.07, 6.45) is -4.82. The molecule has 0 radical (unpaired) electrons. The van der Waals surface area contributed by atoms with Gasteiger partial charge in [0, 0.05) is 17.8 Å². The molecule has 0 unspecified atom stereocenters. The first kappa shape index (κ1) is 18.8. The van der Waals surface area contributed by atoms with Crippen molar-refractivity contribution in [1.29, 1.82) is 0 Å². The number of anilines is 1. The van der Waals surface area contributed by atoms with Crippen LogP contribution in [0.3, 0.4) is 0 Å². The molecule has 0 bridgehead atoms. The molecule has 0 spiro atoms. The number of rotatable bonds is 4. The number of nitrogens with zero attached hydrogens (tertiary/aromatic N) is 1. The maximum absolute atomic E-state index is 12.7. The summed E-state index contributed by atoms with van der Waals surface area (Å²) in [7, 11) is -4.70. The van der Waals surface area contributed by atoms with Crippen molar-refractivity contribution in [1.82, 2.24) is 0 Å². The highest BCUT2D eigenvalue weighted by molar-refractivity contribution is 7.92. The van der Waals surface area contributed by atoms with Gasteiger partial charge in [-0.25, -0.2) is 8.42 Å². The van der Waals surface area contributed by atoms with Crippen LogP contribution in [0.15, 0.2) is 41.3 Å². The second kappa shape index (κ2) is 6.41. The van der Waals surface area contributed by atoms with E-state index in [1.807, 2.05) is 0 Å². The Morgan fingerprint density at radius 2 is 1.76 bits per heavy atom. The molecule has 1 N–H and O–H groups in total. The second-order valence-corrected chi connectivity index (χ2v) is 6.74. The number of non-ortho nitro benzene ring substituents is 1. The van der Waals surface area contributed by atoms with Gasteiger partial charge in [0.1, 0.15) is 4.90 Å². The zero-order valence-electron chi connectivity index (χ0n) is 11.9. The molecule has 2 rings (SSSR count). The molecule has 0 aromatic heterocycles. The molecular weight excluding hydrogens is 389 g/mol. The third kappa shape index (κ3) is 4.12. The highest BCUT2D eigenvalue weighted by Gasteiger charge is 2.32. The highest BCUT2D eigenvalue weighted by Crippen LogP contribution is 2.35. The lowest BCUT2D eigenvalue weighted by Gasteiger charge is -2.16. The largest absolute Gasteiger partial charge is 0.871 e. The molecular formula is C13H7ClF3N2O5S-. The van der Waals surface area contributed by atoms with Crippen LogP contribution in [0, 0.1) is 10.1 Å². The average molecular weight is 396 g/mol. The van der Waals surface area contributed by atoms with Crippen molar-refractivity contribution in [2.45, 2.75) is 11.1 Å². The number of nitro benzene ring substituents is 1. The molecule has 134 valence electrons. The van der Waals surface area contributed by atoms with Crippen LogP contribution in [0.25, 0.3) is 0 Å². The van der Waals surface area contributed by atoms with E-state index in [1.165, 1.54) is 0 Å². The van der Waals surface area contributed by atoms with Crippen molar-refractivity contribution in [2.75, 3.05) is 4.72 Å². The van der Waals surface area contributed by atoms with E-state index in [4.69, 9.17) is 11.6 Å². The fourth-order valence-corrected chi connectivity index (χ4v) is 3.38. The minimum Gasteiger partial charge on any atom is -0.871 e. The number of sulfonamides is 1. The zero-order valence-corrected chi connectivity index (χ0v) is 13.4. The number of alkyl halides is 3. The van der Waals surface area contributed by atoms with Crippen molar-refractivity contribution in [2.24, 2.45) is 0 Å². The molecule has 0 atom stereocenters. The quantitative estimate of drug-likeness (QED) is 0.631. The molecule has 0 aliphatic heterocycles. The predicted octanol–water partition coefficient (Wildman–Crippen LogP) is 3.14. The molecule has 0 aliphatic carbocycles. The van der Waals surface area contributed by atoms with E-state index in [-0.39, 0.29) is 0 Å². The van der Waals surface area contributed by atoms with Crippen molar-refractivity contribution < 1.29 is 31.6 Å². The Labute approximate surface area is 143 Å². The van der Waals surface area contributed by atoms with E-state index in [0.717, 1.165) is 18.2 Å². The Hall–Kier alpha value is -2.53. The van der Waals surface area contributed by atoms with Gasteiger partial charge in [0.15, 0.2) is 0 Å². The molecule has 2 aromatic carbocycles. The monoisotopic (exact) mass is 395 g/mol. The zero-order chi connectivity index (χ0) is 19.0. The lowest BCUT2D eigenvalue weighted by atomic mass is 10.2. The summed E-state index contributed by atoms with van der Waals surface area (Å²) in [5.74, 6) is -0.905. The summed E-state index contributed by atoms with van der Waals surface area (Å²) in [6, 6.07) is 3.90. The minimum absolute atomic E-state index is 0.298. The van der Waals surface area contributed by atoms with Gasteiger partial charge in [-0.1, -0.05) is 23.4 Å². The third-order valence-electron chi connectivity index (χ3n) is 2.97. The first-order valence-electron chi connectivity index (χ1n) is 6.27. The van der Waals surface area contributed by atoms with E-state index in [2.05, 4.69) is 0 Å². The lowest BCUT2D eigenvalue weighted by Crippen LogP contribution is -2.16. The van der Waals surface area contributed by atoms with E-state index in [1.54, 1.807) is 4.72 Å². The van der Waals surface area contributed by atoms with Crippen LogP contribution < -0.4 is 9.83 Å². The number of hydrogen-bond acceptors (Lipinski definition) is 5. The van der Waals surface area contributed by atoms with Gasteiger partial charge in [-0.3, -0.25) is 14.8 Å². The maximum Gasteiger partial charge on any atom is 0.416 e. The van der Waals surface area contributed by atoms with Crippen molar-refractivity contribution >= 4 is 33.0 Å². The normalized spacial score (nSPS) is 12.0. The molecule has 0 amide bonds. The Bertz CT molecular complexity index is 947. The van der Waals surface area contributed by atoms with E-state index >= 15 is 0 Å². The molecule has 2 aromatic rings. The highest BCUT2D eigenvalue weighted by atomic mass is 35.5. The fourth-order valence-electron chi connectivity index (χ4n) is 1.80. The topological polar surface area (TPSA) is 112 Å². The van der Waals surface area contributed by atoms with Gasteiger partial charge < -0.3 is 5.11 Å². The van der Waals surface area contributed by atoms with Gasteiger partial charge in [-0.15, -0.1) is 0 Å². The van der Waals surface area contributed by atoms with Crippen molar-refractivity contribution in [3.05, 3.63) is 57.1 Å². The summed E-state index contributed by atoms with van der Waals surface area (Å²) < 4.78 is 64.5. The first-order valence-corrected chi connectivity index (χ1v) is 8.13. The molecule has 0 saturated carbocycles. The van der Waals surface area contributed by atoms with Crippen LogP contribution >= 0.6 is 11.6 Å². The third-order valence-corrected chi connectivity index (χ3v) is 4.81. The molecule has 0 fully saturated rings. The van der Waals surface area contributed by atoms with Crippen molar-refractivity contribution in [3.63, 3.8) is 0 Å². The minimum atomic E-state index is -4.82. The fraction of sp³-hybridized carbons (Fsp3) is 0.0769. The number of nitro groups is 1.